The monoisotopic (exact) mass is 253 g/mol. The average Bonchev–Trinajstić information content (AvgIpc) is 2.78. The normalized spacial score (nSPS) is 20.6. The Kier molecular flexibility index (Phi) is 3.96. The highest BCUT2D eigenvalue weighted by Gasteiger charge is 2.30. The summed E-state index contributed by atoms with van der Waals surface area (Å²) in [5, 5.41) is 26.7. The molecule has 0 spiro atoms. The van der Waals surface area contributed by atoms with Gasteiger partial charge in [-0.1, -0.05) is 19.3 Å². The van der Waals surface area contributed by atoms with Crippen LogP contribution in [-0.2, 0) is 4.79 Å². The van der Waals surface area contributed by atoms with Crippen LogP contribution in [0.5, 0.6) is 0 Å². The van der Waals surface area contributed by atoms with Crippen molar-refractivity contribution in [2.24, 2.45) is 0 Å². The molecule has 1 aromatic heterocycles. The van der Waals surface area contributed by atoms with Crippen molar-refractivity contribution in [3.63, 3.8) is 0 Å². The third kappa shape index (κ3) is 2.53. The quantitative estimate of drug-likeness (QED) is 0.845. The average molecular weight is 253 g/mol. The van der Waals surface area contributed by atoms with Crippen LogP contribution in [-0.4, -0.2) is 37.1 Å². The van der Waals surface area contributed by atoms with Crippen LogP contribution >= 0.6 is 0 Å². The van der Waals surface area contributed by atoms with Crippen LogP contribution in [0, 0.1) is 0 Å². The highest BCUT2D eigenvalue weighted by Crippen LogP contribution is 2.32. The van der Waals surface area contributed by atoms with Gasteiger partial charge in [0.05, 0.1) is 6.10 Å². The molecule has 0 saturated heterocycles. The fraction of sp³-hybridized carbons (Fsp3) is 0.750. The Labute approximate surface area is 106 Å². The van der Waals surface area contributed by atoms with E-state index in [0.29, 0.717) is 5.82 Å². The van der Waals surface area contributed by atoms with E-state index >= 15 is 0 Å². The highest BCUT2D eigenvalue weighted by atomic mass is 16.4. The van der Waals surface area contributed by atoms with E-state index in [1.807, 2.05) is 0 Å². The molecule has 0 aliphatic heterocycles. The van der Waals surface area contributed by atoms with Gasteiger partial charge in [-0.25, -0.2) is 4.79 Å². The third-order valence-electron chi connectivity index (χ3n) is 3.58. The summed E-state index contributed by atoms with van der Waals surface area (Å²) in [5.41, 5.74) is 0. The maximum absolute atomic E-state index is 11.2. The summed E-state index contributed by atoms with van der Waals surface area (Å²) in [5.74, 6) is -0.0910. The van der Waals surface area contributed by atoms with E-state index < -0.39 is 18.1 Å². The van der Waals surface area contributed by atoms with Gasteiger partial charge in [-0.3, -0.25) is 0 Å². The number of aliphatic carboxylic acids is 1. The first-order valence-corrected chi connectivity index (χ1v) is 6.41. The summed E-state index contributed by atoms with van der Waals surface area (Å²) in [6.07, 6.45) is 5.99. The molecule has 0 bridgehead atoms. The van der Waals surface area contributed by atoms with Gasteiger partial charge in [0.1, 0.15) is 12.2 Å². The molecule has 0 radical (unpaired) electrons. The number of aromatic nitrogens is 3. The van der Waals surface area contributed by atoms with E-state index in [1.54, 1.807) is 0 Å². The molecule has 1 aliphatic carbocycles. The Bertz CT molecular complexity index is 410. The van der Waals surface area contributed by atoms with Gasteiger partial charge in [0.15, 0.2) is 6.04 Å². The molecule has 2 unspecified atom stereocenters. The molecule has 1 heterocycles. The zero-order chi connectivity index (χ0) is 13.1. The van der Waals surface area contributed by atoms with Gasteiger partial charge in [-0.2, -0.15) is 0 Å². The van der Waals surface area contributed by atoms with Crippen LogP contribution in [0.15, 0.2) is 6.33 Å². The lowest BCUT2D eigenvalue weighted by atomic mass is 9.88. The number of rotatable bonds is 4. The van der Waals surface area contributed by atoms with Crippen molar-refractivity contribution >= 4 is 5.97 Å². The van der Waals surface area contributed by atoms with Crippen molar-refractivity contribution in [1.29, 1.82) is 0 Å². The van der Waals surface area contributed by atoms with Crippen LogP contribution in [0.4, 0.5) is 0 Å². The molecule has 1 aliphatic rings. The van der Waals surface area contributed by atoms with Crippen LogP contribution in [0.25, 0.3) is 0 Å². The first-order chi connectivity index (χ1) is 8.61. The predicted molar refractivity (Wildman–Crippen MR) is 64.2 cm³/mol. The minimum Gasteiger partial charge on any atom is -0.480 e. The SMILES string of the molecule is CC(O)C(C(=O)O)n1cnnc1C1CCCCC1. The molecule has 2 rings (SSSR count). The molecule has 6 nitrogen and oxygen atoms in total. The molecule has 18 heavy (non-hydrogen) atoms. The number of carboxylic acids is 1. The first kappa shape index (κ1) is 13.0. The van der Waals surface area contributed by atoms with E-state index in [2.05, 4.69) is 10.2 Å². The standard InChI is InChI=1S/C12H19N3O3/c1-8(16)10(12(17)18)15-7-13-14-11(15)9-5-3-2-4-6-9/h7-10,16H,2-6H2,1H3,(H,17,18). The lowest BCUT2D eigenvalue weighted by Crippen LogP contribution is -2.31. The fourth-order valence-corrected chi connectivity index (χ4v) is 2.68. The number of aliphatic hydroxyl groups is 1. The minimum atomic E-state index is -1.05. The van der Waals surface area contributed by atoms with Gasteiger partial charge < -0.3 is 14.8 Å². The Morgan fingerprint density at radius 3 is 2.67 bits per heavy atom. The molecule has 100 valence electrons. The second-order valence-electron chi connectivity index (χ2n) is 4.96. The maximum Gasteiger partial charge on any atom is 0.329 e. The highest BCUT2D eigenvalue weighted by molar-refractivity contribution is 5.72. The first-order valence-electron chi connectivity index (χ1n) is 6.41. The molecule has 0 aromatic carbocycles. The lowest BCUT2D eigenvalue weighted by Gasteiger charge is -2.24. The van der Waals surface area contributed by atoms with Crippen LogP contribution in [0.1, 0.15) is 56.8 Å². The number of nitrogens with zero attached hydrogens (tertiary/aromatic N) is 3. The van der Waals surface area contributed by atoms with Crippen molar-refractivity contribution in [3.8, 4) is 0 Å². The molecule has 0 amide bonds. The van der Waals surface area contributed by atoms with Crippen molar-refractivity contribution in [2.45, 2.75) is 57.1 Å². The van der Waals surface area contributed by atoms with Crippen molar-refractivity contribution < 1.29 is 15.0 Å². The summed E-state index contributed by atoms with van der Waals surface area (Å²) < 4.78 is 1.52. The Balaban J connectivity index is 2.27. The van der Waals surface area contributed by atoms with Crippen molar-refractivity contribution in [3.05, 3.63) is 12.2 Å². The molecule has 1 fully saturated rings. The van der Waals surface area contributed by atoms with E-state index in [-0.39, 0.29) is 5.92 Å². The van der Waals surface area contributed by atoms with Gasteiger partial charge >= 0.3 is 5.97 Å². The van der Waals surface area contributed by atoms with Gasteiger partial charge in [0, 0.05) is 5.92 Å². The van der Waals surface area contributed by atoms with Crippen LogP contribution < -0.4 is 0 Å². The van der Waals surface area contributed by atoms with E-state index in [4.69, 9.17) is 0 Å². The molecule has 1 saturated carbocycles. The number of carbonyl (C=O) groups is 1. The lowest BCUT2D eigenvalue weighted by molar-refractivity contribution is -0.144. The number of hydrogen-bond acceptors (Lipinski definition) is 4. The van der Waals surface area contributed by atoms with Crippen molar-refractivity contribution in [2.75, 3.05) is 0 Å². The molecule has 6 heteroatoms. The van der Waals surface area contributed by atoms with Gasteiger partial charge in [-0.05, 0) is 19.8 Å². The number of aliphatic hydroxyl groups excluding tert-OH is 1. The molecule has 2 atom stereocenters. The topological polar surface area (TPSA) is 88.2 Å². The Morgan fingerprint density at radius 2 is 2.11 bits per heavy atom. The zero-order valence-electron chi connectivity index (χ0n) is 10.5. The second kappa shape index (κ2) is 5.48. The summed E-state index contributed by atoms with van der Waals surface area (Å²) in [6, 6.07) is -1.00. The van der Waals surface area contributed by atoms with Gasteiger partial charge in [0.25, 0.3) is 0 Å². The number of carboxylic acid groups (broad SMARTS) is 1. The summed E-state index contributed by atoms with van der Waals surface area (Å²) in [6.45, 7) is 1.48. The summed E-state index contributed by atoms with van der Waals surface area (Å²) in [7, 11) is 0. The van der Waals surface area contributed by atoms with Crippen molar-refractivity contribution in [1.82, 2.24) is 14.8 Å². The van der Waals surface area contributed by atoms with Crippen LogP contribution in [0.3, 0.4) is 0 Å². The molecule has 2 N–H and O–H groups in total. The zero-order valence-corrected chi connectivity index (χ0v) is 10.5. The molecular weight excluding hydrogens is 234 g/mol. The molecular formula is C12H19N3O3. The Morgan fingerprint density at radius 1 is 1.44 bits per heavy atom. The summed E-state index contributed by atoms with van der Waals surface area (Å²) in [4.78, 5) is 11.2. The van der Waals surface area contributed by atoms with E-state index in [1.165, 1.54) is 24.2 Å². The largest absolute Gasteiger partial charge is 0.480 e. The van der Waals surface area contributed by atoms with E-state index in [9.17, 15) is 15.0 Å². The Hall–Kier alpha value is -1.43. The smallest absolute Gasteiger partial charge is 0.329 e. The van der Waals surface area contributed by atoms with Crippen LogP contribution in [0.2, 0.25) is 0 Å². The number of hydrogen-bond donors (Lipinski definition) is 2. The second-order valence-corrected chi connectivity index (χ2v) is 4.96. The third-order valence-corrected chi connectivity index (χ3v) is 3.58. The molecule has 1 aromatic rings. The maximum atomic E-state index is 11.2. The predicted octanol–water partition coefficient (Wildman–Crippen LogP) is 1.33. The van der Waals surface area contributed by atoms with E-state index in [0.717, 1.165) is 25.7 Å². The minimum absolute atomic E-state index is 0.266. The summed E-state index contributed by atoms with van der Waals surface area (Å²) >= 11 is 0. The van der Waals surface area contributed by atoms with Gasteiger partial charge in [0.2, 0.25) is 0 Å². The fourth-order valence-electron chi connectivity index (χ4n) is 2.68. The van der Waals surface area contributed by atoms with Gasteiger partial charge in [-0.15, -0.1) is 10.2 Å².